The minimum Gasteiger partial charge on any atom is -0.328 e. The van der Waals surface area contributed by atoms with Crippen LogP contribution in [0.2, 0.25) is 0 Å². The van der Waals surface area contributed by atoms with E-state index >= 15 is 0 Å². The van der Waals surface area contributed by atoms with Crippen LogP contribution in [0.25, 0.3) is 0 Å². The summed E-state index contributed by atoms with van der Waals surface area (Å²) in [6.45, 7) is 4.44. The van der Waals surface area contributed by atoms with Gasteiger partial charge in [0, 0.05) is 10.5 Å². The van der Waals surface area contributed by atoms with Crippen molar-refractivity contribution >= 4 is 22.6 Å². The van der Waals surface area contributed by atoms with E-state index in [0.717, 1.165) is 5.92 Å². The number of hydrogen-bond donors (Lipinski definition) is 1. The van der Waals surface area contributed by atoms with E-state index < -0.39 is 0 Å². The van der Waals surface area contributed by atoms with Crippen LogP contribution in [0.4, 0.5) is 0 Å². The fraction of sp³-hybridized carbons (Fsp3) is 1.00. The lowest BCUT2D eigenvalue weighted by Gasteiger charge is -2.10. The van der Waals surface area contributed by atoms with Crippen LogP contribution in [-0.2, 0) is 0 Å². The lowest BCUT2D eigenvalue weighted by molar-refractivity contribution is 0.478. The van der Waals surface area contributed by atoms with Crippen molar-refractivity contribution in [3.05, 3.63) is 0 Å². The molecule has 0 unspecified atom stereocenters. The van der Waals surface area contributed by atoms with Gasteiger partial charge in [0.1, 0.15) is 0 Å². The second kappa shape index (κ2) is 14.1. The summed E-state index contributed by atoms with van der Waals surface area (Å²) in [7, 11) is 0. The van der Waals surface area contributed by atoms with E-state index in [2.05, 4.69) is 36.4 Å². The van der Waals surface area contributed by atoms with E-state index in [9.17, 15) is 0 Å². The Morgan fingerprint density at radius 3 is 1.67 bits per heavy atom. The van der Waals surface area contributed by atoms with E-state index in [1.165, 1.54) is 75.1 Å². The van der Waals surface area contributed by atoms with E-state index in [1.54, 1.807) is 0 Å². The molecule has 2 heteroatoms. The smallest absolute Gasteiger partial charge is 0.00236 e. The van der Waals surface area contributed by atoms with Crippen molar-refractivity contribution in [2.45, 2.75) is 90.5 Å². The number of alkyl halides is 1. The highest BCUT2D eigenvalue weighted by atomic mass is 127. The van der Waals surface area contributed by atoms with Gasteiger partial charge in [-0.3, -0.25) is 0 Å². The van der Waals surface area contributed by atoms with Gasteiger partial charge in [-0.25, -0.2) is 0 Å². The summed E-state index contributed by atoms with van der Waals surface area (Å²) in [5.41, 5.74) is 5.73. The predicted molar refractivity (Wildman–Crippen MR) is 92.5 cm³/mol. The fourth-order valence-electron chi connectivity index (χ4n) is 2.35. The highest BCUT2D eigenvalue weighted by Crippen LogP contribution is 2.17. The first kappa shape index (κ1) is 18.7. The quantitative estimate of drug-likeness (QED) is 0.252. The summed E-state index contributed by atoms with van der Waals surface area (Å²) in [6.07, 6.45) is 15.4. The molecule has 2 N–H and O–H groups in total. The Bertz CT molecular complexity index is 155. The molecule has 0 heterocycles. The largest absolute Gasteiger partial charge is 0.328 e. The van der Waals surface area contributed by atoms with E-state index in [0.29, 0.717) is 6.04 Å². The molecule has 0 aromatic rings. The van der Waals surface area contributed by atoms with Gasteiger partial charge >= 0.3 is 0 Å². The van der Waals surface area contributed by atoms with Gasteiger partial charge in [0.05, 0.1) is 0 Å². The molecule has 0 amide bonds. The molecule has 0 rings (SSSR count). The first-order valence-electron chi connectivity index (χ1n) is 8.02. The van der Waals surface area contributed by atoms with Crippen molar-refractivity contribution in [1.82, 2.24) is 0 Å². The first-order chi connectivity index (χ1) is 8.70. The van der Waals surface area contributed by atoms with Crippen molar-refractivity contribution in [3.63, 3.8) is 0 Å². The average Bonchev–Trinajstić information content (AvgIpc) is 2.36. The first-order valence-corrected chi connectivity index (χ1v) is 9.54. The van der Waals surface area contributed by atoms with Gasteiger partial charge in [-0.1, -0.05) is 87.3 Å². The maximum absolute atomic E-state index is 5.73. The zero-order valence-electron chi connectivity index (χ0n) is 12.6. The van der Waals surface area contributed by atoms with Gasteiger partial charge in [0.2, 0.25) is 0 Å². The molecule has 0 aromatic heterocycles. The highest BCUT2D eigenvalue weighted by Gasteiger charge is 2.03. The van der Waals surface area contributed by atoms with Crippen LogP contribution < -0.4 is 5.73 Å². The minimum atomic E-state index is 0.398. The number of unbranched alkanes of at least 4 members (excludes halogenated alkanes) is 7. The second-order valence-corrected chi connectivity index (χ2v) is 6.69. The normalized spacial score (nSPS) is 14.7. The lowest BCUT2D eigenvalue weighted by Crippen LogP contribution is -2.13. The zero-order valence-corrected chi connectivity index (χ0v) is 14.8. The summed E-state index contributed by atoms with van der Waals surface area (Å²) in [5, 5.41) is 0. The van der Waals surface area contributed by atoms with Crippen LogP contribution in [0.1, 0.15) is 84.5 Å². The Balaban J connectivity index is 3.07. The minimum absolute atomic E-state index is 0.398. The van der Waals surface area contributed by atoms with Crippen molar-refractivity contribution in [2.75, 3.05) is 4.43 Å². The van der Waals surface area contributed by atoms with Crippen LogP contribution in [0.3, 0.4) is 0 Å². The van der Waals surface area contributed by atoms with Gasteiger partial charge in [-0.2, -0.15) is 0 Å². The third-order valence-electron chi connectivity index (χ3n) is 3.82. The van der Waals surface area contributed by atoms with Gasteiger partial charge < -0.3 is 5.73 Å². The molecule has 0 aliphatic heterocycles. The molecule has 0 spiro atoms. The molecular weight excluding hydrogens is 333 g/mol. The van der Waals surface area contributed by atoms with Crippen LogP contribution in [0.5, 0.6) is 0 Å². The maximum atomic E-state index is 5.73. The Labute approximate surface area is 129 Å². The summed E-state index contributed by atoms with van der Waals surface area (Å²) in [4.78, 5) is 0. The zero-order chi connectivity index (χ0) is 13.6. The molecule has 0 bridgehead atoms. The Morgan fingerprint density at radius 1 is 0.833 bits per heavy atom. The number of rotatable bonds is 13. The summed E-state index contributed by atoms with van der Waals surface area (Å²) < 4.78 is 1.34. The number of nitrogens with two attached hydrogens (primary N) is 1. The van der Waals surface area contributed by atoms with Crippen molar-refractivity contribution in [1.29, 1.82) is 0 Å². The Hall–Kier alpha value is 0.690. The lowest BCUT2D eigenvalue weighted by atomic mass is 9.99. The van der Waals surface area contributed by atoms with Gasteiger partial charge in [0.15, 0.2) is 0 Å². The summed E-state index contributed by atoms with van der Waals surface area (Å²) in [5.74, 6) is 0.976. The van der Waals surface area contributed by atoms with Crippen molar-refractivity contribution < 1.29 is 0 Å². The molecule has 18 heavy (non-hydrogen) atoms. The van der Waals surface area contributed by atoms with Gasteiger partial charge in [-0.05, 0) is 25.7 Å². The molecule has 0 aliphatic rings. The number of halogens is 1. The second-order valence-electron chi connectivity index (χ2n) is 5.81. The monoisotopic (exact) mass is 367 g/mol. The fourth-order valence-corrected chi connectivity index (χ4v) is 3.41. The molecule has 0 saturated heterocycles. The van der Waals surface area contributed by atoms with Crippen LogP contribution in [-0.4, -0.2) is 10.5 Å². The van der Waals surface area contributed by atoms with Gasteiger partial charge in [0.25, 0.3) is 0 Å². The topological polar surface area (TPSA) is 26.0 Å². The molecule has 0 fully saturated rings. The Morgan fingerprint density at radius 2 is 1.28 bits per heavy atom. The molecule has 0 aliphatic carbocycles. The van der Waals surface area contributed by atoms with Crippen molar-refractivity contribution in [2.24, 2.45) is 11.7 Å². The average molecular weight is 367 g/mol. The van der Waals surface area contributed by atoms with E-state index in [1.807, 2.05) is 0 Å². The van der Waals surface area contributed by atoms with E-state index in [-0.39, 0.29) is 0 Å². The van der Waals surface area contributed by atoms with Crippen LogP contribution >= 0.6 is 22.6 Å². The molecule has 110 valence electrons. The molecule has 0 radical (unpaired) electrons. The van der Waals surface area contributed by atoms with Crippen LogP contribution in [0.15, 0.2) is 0 Å². The third-order valence-corrected chi connectivity index (χ3v) is 5.06. The third kappa shape index (κ3) is 13.1. The molecule has 0 saturated carbocycles. The van der Waals surface area contributed by atoms with E-state index in [4.69, 9.17) is 5.73 Å². The van der Waals surface area contributed by atoms with Gasteiger partial charge in [-0.15, -0.1) is 0 Å². The standard InChI is InChI=1S/C16H34IN/c1-3-16(14-17)13-11-9-7-5-4-6-8-10-12-15(2)18/h15-16H,3-14,18H2,1-2H3/t15-,16-/m1/s1. The molecule has 0 aromatic carbocycles. The maximum Gasteiger partial charge on any atom is 0.00236 e. The summed E-state index contributed by atoms with van der Waals surface area (Å²) in [6, 6.07) is 0.398. The van der Waals surface area contributed by atoms with Crippen molar-refractivity contribution in [3.8, 4) is 0 Å². The predicted octanol–water partition coefficient (Wildman–Crippen LogP) is 5.70. The Kier molecular flexibility index (Phi) is 14.6. The molecule has 1 nitrogen and oxygen atoms in total. The van der Waals surface area contributed by atoms with Crippen LogP contribution in [0, 0.1) is 5.92 Å². The molecule has 2 atom stereocenters. The molecular formula is C16H34IN. The highest BCUT2D eigenvalue weighted by molar-refractivity contribution is 14.1. The SMILES string of the molecule is CC[C@@H](CI)CCCCCCCCCC[C@@H](C)N. The number of hydrogen-bond acceptors (Lipinski definition) is 1. The summed E-state index contributed by atoms with van der Waals surface area (Å²) >= 11 is 2.53.